The summed E-state index contributed by atoms with van der Waals surface area (Å²) in [5.41, 5.74) is 9.07. The molecular weight excluding hydrogens is 565 g/mol. The van der Waals surface area contributed by atoms with Crippen molar-refractivity contribution < 1.29 is 0 Å². The minimum absolute atomic E-state index is 0.0440. The second-order valence-electron chi connectivity index (χ2n) is 14.3. The number of hydrogen-bond acceptors (Lipinski definition) is 3. The van der Waals surface area contributed by atoms with E-state index in [9.17, 15) is 0 Å². The van der Waals surface area contributed by atoms with E-state index in [1.54, 1.807) is 0 Å². The summed E-state index contributed by atoms with van der Waals surface area (Å²) in [5, 5.41) is 7.42. The first-order valence-electron chi connectivity index (χ1n) is 15.7. The zero-order valence-corrected chi connectivity index (χ0v) is 27.5. The monoisotopic (exact) mass is 600 g/mol. The fraction of sp³-hybridized carbons (Fsp3) is 0.190. The van der Waals surface area contributed by atoms with Crippen molar-refractivity contribution in [3.05, 3.63) is 120 Å². The zero-order valence-electron chi connectivity index (χ0n) is 26.7. The van der Waals surface area contributed by atoms with Crippen molar-refractivity contribution in [3.63, 3.8) is 0 Å². The lowest BCUT2D eigenvalue weighted by molar-refractivity contribution is 0.590. The molecule has 2 heterocycles. The first-order valence-corrected chi connectivity index (χ1v) is 16.6. The van der Waals surface area contributed by atoms with Crippen molar-refractivity contribution >= 4 is 64.1 Å². The maximum Gasteiger partial charge on any atom is 0.0979 e. The Balaban J connectivity index is 1.34. The molecule has 0 atom stereocenters. The first kappa shape index (κ1) is 27.9. The number of aromatic nitrogens is 2. The molecule has 0 radical (unpaired) electrons. The van der Waals surface area contributed by atoms with Gasteiger partial charge in [-0.2, -0.15) is 0 Å². The third kappa shape index (κ3) is 4.60. The molecule has 2 nitrogen and oxygen atoms in total. The predicted octanol–water partition coefficient (Wildman–Crippen LogP) is 12.2. The summed E-state index contributed by atoms with van der Waals surface area (Å²) in [7, 11) is 0. The molecule has 0 amide bonds. The Kier molecular flexibility index (Phi) is 6.17. The molecule has 0 saturated heterocycles. The molecule has 0 N–H and O–H groups in total. The van der Waals surface area contributed by atoms with E-state index in [0.717, 1.165) is 33.1 Å². The standard InChI is InChI=1S/C42H36N2S/c1-41(2,3)27-17-19-31-34(22-27)35-23-28(42(4,5)6)18-20-32(35)39-38(31)43-24-36(44-39)26-12-9-11-25(21-26)29-14-10-15-33-30-13-7-8-16-37(30)45-40(29)33/h7-24H,1-6H3. The van der Waals surface area contributed by atoms with Gasteiger partial charge in [0.05, 0.1) is 22.9 Å². The van der Waals surface area contributed by atoms with Gasteiger partial charge in [0.2, 0.25) is 0 Å². The van der Waals surface area contributed by atoms with Gasteiger partial charge in [-0.3, -0.25) is 4.98 Å². The highest BCUT2D eigenvalue weighted by atomic mass is 32.1. The van der Waals surface area contributed by atoms with E-state index < -0.39 is 0 Å². The smallest absolute Gasteiger partial charge is 0.0979 e. The van der Waals surface area contributed by atoms with Gasteiger partial charge in [0, 0.05) is 36.5 Å². The van der Waals surface area contributed by atoms with Gasteiger partial charge in [-0.05, 0) is 68.1 Å². The van der Waals surface area contributed by atoms with Crippen LogP contribution >= 0.6 is 11.3 Å². The highest BCUT2D eigenvalue weighted by molar-refractivity contribution is 7.26. The molecular formula is C42H36N2S. The average Bonchev–Trinajstić information content (AvgIpc) is 3.42. The van der Waals surface area contributed by atoms with Crippen LogP contribution in [0.15, 0.2) is 109 Å². The van der Waals surface area contributed by atoms with E-state index in [4.69, 9.17) is 9.97 Å². The lowest BCUT2D eigenvalue weighted by Crippen LogP contribution is -2.11. The molecule has 0 saturated carbocycles. The number of nitrogens with zero attached hydrogens (tertiary/aromatic N) is 2. The van der Waals surface area contributed by atoms with Gasteiger partial charge in [0.15, 0.2) is 0 Å². The summed E-state index contributed by atoms with van der Waals surface area (Å²) in [6.07, 6.45) is 1.95. The minimum Gasteiger partial charge on any atom is -0.252 e. The molecule has 0 fully saturated rings. The largest absolute Gasteiger partial charge is 0.252 e. The van der Waals surface area contributed by atoms with Crippen molar-refractivity contribution in [2.24, 2.45) is 0 Å². The molecule has 0 unspecified atom stereocenters. The van der Waals surface area contributed by atoms with Crippen LogP contribution in [0.4, 0.5) is 0 Å². The maximum atomic E-state index is 5.36. The zero-order chi connectivity index (χ0) is 31.1. The Bertz CT molecular complexity index is 2450. The number of fused-ring (bicyclic) bond motifs is 9. The van der Waals surface area contributed by atoms with Gasteiger partial charge in [-0.1, -0.05) is 120 Å². The van der Waals surface area contributed by atoms with Crippen molar-refractivity contribution in [1.82, 2.24) is 9.97 Å². The van der Waals surface area contributed by atoms with Crippen LogP contribution in [-0.2, 0) is 10.8 Å². The Hall–Kier alpha value is -4.60. The van der Waals surface area contributed by atoms with Gasteiger partial charge < -0.3 is 0 Å². The molecule has 6 aromatic carbocycles. The molecule has 2 aromatic heterocycles. The van der Waals surface area contributed by atoms with Crippen LogP contribution < -0.4 is 0 Å². The highest BCUT2D eigenvalue weighted by Crippen LogP contribution is 2.41. The fourth-order valence-corrected chi connectivity index (χ4v) is 7.85. The fourth-order valence-electron chi connectivity index (χ4n) is 6.61. The van der Waals surface area contributed by atoms with E-state index in [1.807, 2.05) is 17.5 Å². The van der Waals surface area contributed by atoms with Crippen molar-refractivity contribution in [3.8, 4) is 22.4 Å². The maximum absolute atomic E-state index is 5.36. The summed E-state index contributed by atoms with van der Waals surface area (Å²) in [5.74, 6) is 0. The number of thiophene rings is 1. The van der Waals surface area contributed by atoms with Crippen LogP contribution in [0.2, 0.25) is 0 Å². The molecule has 0 aliphatic carbocycles. The van der Waals surface area contributed by atoms with Crippen LogP contribution in [0, 0.1) is 0 Å². The Morgan fingerprint density at radius 1 is 0.511 bits per heavy atom. The molecule has 45 heavy (non-hydrogen) atoms. The summed E-state index contributed by atoms with van der Waals surface area (Å²) in [6, 6.07) is 37.9. The first-order chi connectivity index (χ1) is 21.6. The number of hydrogen-bond donors (Lipinski definition) is 0. The van der Waals surface area contributed by atoms with Gasteiger partial charge in [-0.25, -0.2) is 4.98 Å². The van der Waals surface area contributed by atoms with E-state index >= 15 is 0 Å². The molecule has 8 aromatic rings. The van der Waals surface area contributed by atoms with Crippen molar-refractivity contribution in [1.29, 1.82) is 0 Å². The second kappa shape index (κ2) is 9.95. The van der Waals surface area contributed by atoms with Gasteiger partial charge in [-0.15, -0.1) is 11.3 Å². The third-order valence-corrected chi connectivity index (χ3v) is 10.4. The lowest BCUT2D eigenvalue weighted by Gasteiger charge is -2.22. The Labute approximate surface area is 268 Å². The van der Waals surface area contributed by atoms with Crippen LogP contribution in [-0.4, -0.2) is 9.97 Å². The minimum atomic E-state index is 0.0440. The van der Waals surface area contributed by atoms with Crippen LogP contribution in [0.3, 0.4) is 0 Å². The van der Waals surface area contributed by atoms with E-state index in [1.165, 1.54) is 53.2 Å². The van der Waals surface area contributed by atoms with E-state index in [2.05, 4.69) is 145 Å². The summed E-state index contributed by atoms with van der Waals surface area (Å²) >= 11 is 1.87. The molecule has 8 rings (SSSR count). The summed E-state index contributed by atoms with van der Waals surface area (Å²) < 4.78 is 2.64. The lowest BCUT2D eigenvalue weighted by atomic mass is 9.83. The Morgan fingerprint density at radius 3 is 1.84 bits per heavy atom. The van der Waals surface area contributed by atoms with E-state index in [0.29, 0.717) is 0 Å². The molecule has 0 bridgehead atoms. The molecule has 0 aliphatic rings. The average molecular weight is 601 g/mol. The second-order valence-corrected chi connectivity index (χ2v) is 15.4. The third-order valence-electron chi connectivity index (χ3n) is 9.22. The SMILES string of the molecule is CC(C)(C)c1ccc2c(c1)c1cc(C(C)(C)C)ccc1c1nc(-c3cccc(-c4cccc5c4sc4ccccc45)c3)cnc21. The highest BCUT2D eigenvalue weighted by Gasteiger charge is 2.20. The van der Waals surface area contributed by atoms with Crippen LogP contribution in [0.1, 0.15) is 52.7 Å². The van der Waals surface area contributed by atoms with Crippen molar-refractivity contribution in [2.45, 2.75) is 52.4 Å². The van der Waals surface area contributed by atoms with Crippen molar-refractivity contribution in [2.75, 3.05) is 0 Å². The normalized spacial score (nSPS) is 12.7. The topological polar surface area (TPSA) is 25.8 Å². The number of benzene rings is 6. The molecule has 0 aliphatic heterocycles. The van der Waals surface area contributed by atoms with Gasteiger partial charge in [0.25, 0.3) is 0 Å². The summed E-state index contributed by atoms with van der Waals surface area (Å²) in [4.78, 5) is 10.5. The van der Waals surface area contributed by atoms with Gasteiger partial charge in [0.1, 0.15) is 0 Å². The quantitative estimate of drug-likeness (QED) is 0.184. The Morgan fingerprint density at radius 2 is 1.13 bits per heavy atom. The predicted molar refractivity (Wildman–Crippen MR) is 196 cm³/mol. The molecule has 3 heteroatoms. The van der Waals surface area contributed by atoms with E-state index in [-0.39, 0.29) is 10.8 Å². The van der Waals surface area contributed by atoms with Crippen LogP contribution in [0.25, 0.3) is 75.1 Å². The number of rotatable bonds is 2. The molecule has 0 spiro atoms. The summed E-state index contributed by atoms with van der Waals surface area (Å²) in [6.45, 7) is 13.7. The van der Waals surface area contributed by atoms with Crippen LogP contribution in [0.5, 0.6) is 0 Å². The van der Waals surface area contributed by atoms with Gasteiger partial charge >= 0.3 is 0 Å². The molecule has 220 valence electrons.